The molecule has 1 unspecified atom stereocenters. The smallest absolute Gasteiger partial charge is 0.123 e. The molecule has 1 fully saturated rings. The van der Waals surface area contributed by atoms with Crippen LogP contribution < -0.4 is 0 Å². The zero-order chi connectivity index (χ0) is 15.1. The largest absolute Gasteiger partial charge is 0.247 e. The maximum absolute atomic E-state index is 13.5. The van der Waals surface area contributed by atoms with Gasteiger partial charge in [0.2, 0.25) is 0 Å². The molecule has 1 aromatic carbocycles. The maximum Gasteiger partial charge on any atom is 0.123 e. The van der Waals surface area contributed by atoms with Crippen molar-refractivity contribution in [3.05, 3.63) is 35.6 Å². The molecular weight excluding hydrogens is 282 g/mol. The summed E-state index contributed by atoms with van der Waals surface area (Å²) in [5, 5.41) is 0. The highest BCUT2D eigenvalue weighted by atomic mass is 28.3. The second kappa shape index (κ2) is 8.67. The lowest BCUT2D eigenvalue weighted by molar-refractivity contribution is 0.291. The van der Waals surface area contributed by atoms with Crippen molar-refractivity contribution in [3.8, 4) is 0 Å². The topological polar surface area (TPSA) is 0 Å². The van der Waals surface area contributed by atoms with E-state index in [1.807, 2.05) is 12.1 Å². The summed E-state index contributed by atoms with van der Waals surface area (Å²) in [5.41, 5.74) is 1.30. The van der Waals surface area contributed by atoms with Crippen LogP contribution in [0.4, 0.5) is 8.78 Å². The molecule has 0 spiro atoms. The molecule has 0 aliphatic carbocycles. The molecule has 1 aromatic rings. The van der Waals surface area contributed by atoms with E-state index < -0.39 is 15.0 Å². The summed E-state index contributed by atoms with van der Waals surface area (Å²) < 4.78 is 26.4. The van der Waals surface area contributed by atoms with Gasteiger partial charge in [-0.05, 0) is 49.3 Å². The summed E-state index contributed by atoms with van der Waals surface area (Å²) in [6, 6.07) is 11.1. The van der Waals surface area contributed by atoms with Crippen LogP contribution in [-0.4, -0.2) is 15.0 Å². The molecule has 0 N–H and O–H groups in total. The van der Waals surface area contributed by atoms with Crippen molar-refractivity contribution < 1.29 is 8.78 Å². The Kier molecular flexibility index (Phi) is 6.88. The van der Waals surface area contributed by atoms with Gasteiger partial charge in [-0.3, -0.25) is 0 Å². The van der Waals surface area contributed by atoms with E-state index in [1.165, 1.54) is 36.5 Å². The molecular formula is C18H28F2Si. The molecule has 1 heterocycles. The summed E-state index contributed by atoms with van der Waals surface area (Å²) in [4.78, 5) is 0. The highest BCUT2D eigenvalue weighted by molar-refractivity contribution is 6.59. The fraction of sp³-hybridized carbons (Fsp3) is 0.667. The first-order valence-electron chi connectivity index (χ1n) is 8.58. The first kappa shape index (κ1) is 16.7. The summed E-state index contributed by atoms with van der Waals surface area (Å²) >= 11 is 0. The van der Waals surface area contributed by atoms with Crippen LogP contribution in [0.2, 0.25) is 18.1 Å². The second-order valence-corrected chi connectivity index (χ2v) is 10.1. The van der Waals surface area contributed by atoms with Gasteiger partial charge in [0, 0.05) is 8.80 Å². The van der Waals surface area contributed by atoms with Crippen LogP contribution in [0.25, 0.3) is 0 Å². The third kappa shape index (κ3) is 5.53. The van der Waals surface area contributed by atoms with Crippen molar-refractivity contribution >= 4 is 8.80 Å². The molecule has 0 nitrogen and oxygen atoms in total. The van der Waals surface area contributed by atoms with Crippen LogP contribution in [-0.2, 0) is 0 Å². The second-order valence-electron chi connectivity index (χ2n) is 6.59. The fourth-order valence-electron chi connectivity index (χ4n) is 3.60. The van der Waals surface area contributed by atoms with Gasteiger partial charge < -0.3 is 0 Å². The van der Waals surface area contributed by atoms with E-state index in [9.17, 15) is 8.78 Å². The number of benzene rings is 1. The minimum atomic E-state index is -0.618. The lowest BCUT2D eigenvalue weighted by atomic mass is 9.93. The molecule has 1 aliphatic rings. The summed E-state index contributed by atoms with van der Waals surface area (Å²) in [6.45, 7) is 2.05. The van der Waals surface area contributed by atoms with E-state index in [-0.39, 0.29) is 5.82 Å². The molecule has 1 aliphatic heterocycles. The number of halogens is 2. The Morgan fingerprint density at radius 1 is 1.14 bits per heavy atom. The highest BCUT2D eigenvalue weighted by Gasteiger charge is 2.23. The van der Waals surface area contributed by atoms with Gasteiger partial charge in [-0.1, -0.05) is 50.0 Å². The van der Waals surface area contributed by atoms with E-state index in [4.69, 9.17) is 0 Å². The van der Waals surface area contributed by atoms with Crippen LogP contribution in [0.3, 0.4) is 0 Å². The quantitative estimate of drug-likeness (QED) is 0.554. The van der Waals surface area contributed by atoms with E-state index in [1.54, 1.807) is 12.1 Å². The average molecular weight is 311 g/mol. The summed E-state index contributed by atoms with van der Waals surface area (Å²) in [5.74, 6) is 0.484. The highest BCUT2D eigenvalue weighted by Crippen LogP contribution is 2.35. The standard InChI is InChI=1S/C18H28F2Si/c1-2-4-17(19)5-3-12-21-13-10-16(11-14-21)15-6-8-18(20)9-7-15/h6-9,16-17,21H,2-5,10-14H2,1H3/t16-,17?,21-. The molecule has 0 bridgehead atoms. The minimum absolute atomic E-state index is 0.144. The molecule has 0 saturated carbocycles. The Bertz CT molecular complexity index is 396. The lowest BCUT2D eigenvalue weighted by Crippen LogP contribution is -2.20. The number of alkyl halides is 1. The molecule has 21 heavy (non-hydrogen) atoms. The van der Waals surface area contributed by atoms with E-state index in [0.717, 1.165) is 25.7 Å². The van der Waals surface area contributed by atoms with Crippen LogP contribution in [0.15, 0.2) is 24.3 Å². The average Bonchev–Trinajstić information content (AvgIpc) is 2.49. The first-order chi connectivity index (χ1) is 10.2. The monoisotopic (exact) mass is 310 g/mol. The Morgan fingerprint density at radius 3 is 2.43 bits per heavy atom. The Balaban J connectivity index is 1.67. The fourth-order valence-corrected chi connectivity index (χ4v) is 7.03. The van der Waals surface area contributed by atoms with Gasteiger partial charge in [0.05, 0.1) is 0 Å². The van der Waals surface area contributed by atoms with Crippen molar-refractivity contribution in [2.45, 2.75) is 75.7 Å². The lowest BCUT2D eigenvalue weighted by Gasteiger charge is -2.28. The van der Waals surface area contributed by atoms with Crippen LogP contribution >= 0.6 is 0 Å². The third-order valence-corrected chi connectivity index (χ3v) is 8.44. The number of rotatable bonds is 7. The number of hydrogen-bond acceptors (Lipinski definition) is 0. The van der Waals surface area contributed by atoms with Crippen LogP contribution in [0.5, 0.6) is 0 Å². The molecule has 1 atom stereocenters. The van der Waals surface area contributed by atoms with Crippen LogP contribution in [0.1, 0.15) is 56.9 Å². The van der Waals surface area contributed by atoms with Crippen LogP contribution in [0, 0.1) is 5.82 Å². The van der Waals surface area contributed by atoms with Crippen molar-refractivity contribution in [2.75, 3.05) is 0 Å². The zero-order valence-electron chi connectivity index (χ0n) is 13.2. The SMILES string of the molecule is CCCC(F)CCC[Si@H]1CC[C@H](c2ccc(F)cc2)CC1. The molecule has 0 amide bonds. The van der Waals surface area contributed by atoms with Crippen molar-refractivity contribution in [1.82, 2.24) is 0 Å². The zero-order valence-corrected chi connectivity index (χ0v) is 14.3. The predicted molar refractivity (Wildman–Crippen MR) is 89.0 cm³/mol. The van der Waals surface area contributed by atoms with Gasteiger partial charge in [-0.15, -0.1) is 0 Å². The van der Waals surface area contributed by atoms with Gasteiger partial charge in [0.25, 0.3) is 0 Å². The van der Waals surface area contributed by atoms with E-state index in [0.29, 0.717) is 5.92 Å². The van der Waals surface area contributed by atoms with Crippen molar-refractivity contribution in [2.24, 2.45) is 0 Å². The Hall–Kier alpha value is -0.703. The third-order valence-electron chi connectivity index (χ3n) is 4.92. The molecule has 1 saturated heterocycles. The molecule has 2 rings (SSSR count). The van der Waals surface area contributed by atoms with Crippen molar-refractivity contribution in [1.29, 1.82) is 0 Å². The Labute approximate surface area is 129 Å². The van der Waals surface area contributed by atoms with Gasteiger partial charge in [0.15, 0.2) is 0 Å². The number of hydrogen-bond donors (Lipinski definition) is 0. The van der Waals surface area contributed by atoms with Crippen molar-refractivity contribution in [3.63, 3.8) is 0 Å². The molecule has 0 radical (unpaired) electrons. The molecule has 3 heteroatoms. The van der Waals surface area contributed by atoms with Gasteiger partial charge in [-0.2, -0.15) is 0 Å². The maximum atomic E-state index is 13.5. The van der Waals surface area contributed by atoms with E-state index >= 15 is 0 Å². The summed E-state index contributed by atoms with van der Waals surface area (Å²) in [6.07, 6.45) is 5.52. The van der Waals surface area contributed by atoms with Gasteiger partial charge in [-0.25, -0.2) is 8.78 Å². The molecule has 118 valence electrons. The normalized spacial score (nSPS) is 24.0. The van der Waals surface area contributed by atoms with Gasteiger partial charge >= 0.3 is 0 Å². The van der Waals surface area contributed by atoms with E-state index in [2.05, 4.69) is 6.92 Å². The van der Waals surface area contributed by atoms with Gasteiger partial charge in [0.1, 0.15) is 12.0 Å². The molecule has 0 aromatic heterocycles. The first-order valence-corrected chi connectivity index (χ1v) is 11.0. The predicted octanol–water partition coefficient (Wildman–Crippen LogP) is 5.85. The minimum Gasteiger partial charge on any atom is -0.247 e. The summed E-state index contributed by atoms with van der Waals surface area (Å²) in [7, 11) is -0.618. The Morgan fingerprint density at radius 2 is 1.81 bits per heavy atom.